The molecular formula is C26H57O8P. The lowest BCUT2D eigenvalue weighted by Gasteiger charge is -2.19. The summed E-state index contributed by atoms with van der Waals surface area (Å²) in [6.07, 6.45) is 12.2. The number of esters is 2. The summed E-state index contributed by atoms with van der Waals surface area (Å²) in [6, 6.07) is 0. The number of hydrogen-bond acceptors (Lipinski definition) is 7. The molecule has 0 aromatic carbocycles. The highest BCUT2D eigenvalue weighted by Gasteiger charge is 2.25. The fourth-order valence-electron chi connectivity index (χ4n) is 3.10. The summed E-state index contributed by atoms with van der Waals surface area (Å²) in [5.74, 6) is -0.821. The van der Waals surface area contributed by atoms with Gasteiger partial charge in [-0.1, -0.05) is 100 Å². The van der Waals surface area contributed by atoms with E-state index in [1.807, 2.05) is 0 Å². The molecule has 214 valence electrons. The van der Waals surface area contributed by atoms with Crippen molar-refractivity contribution in [1.82, 2.24) is 0 Å². The maximum atomic E-state index is 12.1. The van der Waals surface area contributed by atoms with Gasteiger partial charge in [0.05, 0.1) is 13.2 Å². The maximum absolute atomic E-state index is 12.1. The lowest BCUT2D eigenvalue weighted by atomic mass is 10.1. The zero-order valence-electron chi connectivity index (χ0n) is 20.4. The predicted molar refractivity (Wildman–Crippen MR) is 144 cm³/mol. The summed E-state index contributed by atoms with van der Waals surface area (Å²) in [7, 11) is -4.24. The van der Waals surface area contributed by atoms with Crippen LogP contribution in [0.2, 0.25) is 0 Å². The van der Waals surface area contributed by atoms with Gasteiger partial charge in [-0.3, -0.25) is 18.6 Å². The van der Waals surface area contributed by atoms with E-state index in [2.05, 4.69) is 18.4 Å². The molecule has 0 radical (unpaired) electrons. The highest BCUT2D eigenvalue weighted by atomic mass is 31.2. The number of rotatable bonds is 22. The average Bonchev–Trinajstić information content (AvgIpc) is 2.74. The van der Waals surface area contributed by atoms with Crippen LogP contribution in [0.15, 0.2) is 0 Å². The SMILES string of the molecule is C.C.C.CCCCCCCCCC(=O)OC[C@H](COP(=O)(O)OCC)OC(=O)CCCCCCC. The van der Waals surface area contributed by atoms with Crippen LogP contribution in [0.5, 0.6) is 0 Å². The molecule has 0 rings (SSSR count). The van der Waals surface area contributed by atoms with Gasteiger partial charge in [0.15, 0.2) is 6.10 Å². The lowest BCUT2D eigenvalue weighted by molar-refractivity contribution is -0.161. The Morgan fingerprint density at radius 1 is 0.686 bits per heavy atom. The van der Waals surface area contributed by atoms with Crippen LogP contribution in [-0.2, 0) is 32.7 Å². The average molecular weight is 529 g/mol. The fourth-order valence-corrected chi connectivity index (χ4v) is 3.85. The van der Waals surface area contributed by atoms with Crippen LogP contribution in [0.4, 0.5) is 0 Å². The summed E-state index contributed by atoms with van der Waals surface area (Å²) in [6.45, 7) is 5.26. The quantitative estimate of drug-likeness (QED) is 0.0855. The zero-order valence-corrected chi connectivity index (χ0v) is 21.2. The van der Waals surface area contributed by atoms with Gasteiger partial charge in [-0.25, -0.2) is 4.57 Å². The van der Waals surface area contributed by atoms with Crippen molar-refractivity contribution in [3.8, 4) is 0 Å². The number of ether oxygens (including phenoxy) is 2. The summed E-state index contributed by atoms with van der Waals surface area (Å²) in [4.78, 5) is 33.7. The van der Waals surface area contributed by atoms with Crippen molar-refractivity contribution >= 4 is 19.8 Å². The van der Waals surface area contributed by atoms with Gasteiger partial charge in [0, 0.05) is 12.8 Å². The van der Waals surface area contributed by atoms with E-state index in [1.54, 1.807) is 6.92 Å². The lowest BCUT2D eigenvalue weighted by Crippen LogP contribution is -2.29. The number of carbonyl (C=O) groups is 2. The minimum absolute atomic E-state index is 0. The molecule has 0 aromatic heterocycles. The van der Waals surface area contributed by atoms with Crippen molar-refractivity contribution in [2.75, 3.05) is 19.8 Å². The van der Waals surface area contributed by atoms with Crippen LogP contribution in [0.1, 0.15) is 133 Å². The largest absolute Gasteiger partial charge is 0.472 e. The number of phosphoric ester groups is 1. The van der Waals surface area contributed by atoms with Gasteiger partial charge in [-0.15, -0.1) is 0 Å². The molecule has 9 heteroatoms. The van der Waals surface area contributed by atoms with E-state index >= 15 is 0 Å². The van der Waals surface area contributed by atoms with Gasteiger partial charge >= 0.3 is 19.8 Å². The minimum atomic E-state index is -4.24. The molecule has 0 heterocycles. The van der Waals surface area contributed by atoms with Crippen LogP contribution in [0.25, 0.3) is 0 Å². The van der Waals surface area contributed by atoms with E-state index < -0.39 is 19.9 Å². The number of hydrogen-bond donors (Lipinski definition) is 1. The van der Waals surface area contributed by atoms with Gasteiger partial charge in [-0.05, 0) is 19.8 Å². The first-order valence-corrected chi connectivity index (χ1v) is 13.8. The third kappa shape index (κ3) is 27.5. The highest BCUT2D eigenvalue weighted by molar-refractivity contribution is 7.47. The van der Waals surface area contributed by atoms with Crippen molar-refractivity contribution in [3.63, 3.8) is 0 Å². The third-order valence-electron chi connectivity index (χ3n) is 4.91. The first-order chi connectivity index (χ1) is 15.3. The molecule has 1 unspecified atom stereocenters. The predicted octanol–water partition coefficient (Wildman–Crippen LogP) is 8.00. The van der Waals surface area contributed by atoms with Crippen LogP contribution >= 0.6 is 7.82 Å². The van der Waals surface area contributed by atoms with Gasteiger partial charge in [-0.2, -0.15) is 0 Å². The van der Waals surface area contributed by atoms with Crippen LogP contribution in [0, 0.1) is 0 Å². The molecule has 8 nitrogen and oxygen atoms in total. The molecule has 0 aliphatic heterocycles. The van der Waals surface area contributed by atoms with E-state index in [1.165, 1.54) is 25.7 Å². The van der Waals surface area contributed by atoms with E-state index in [4.69, 9.17) is 14.0 Å². The standard InChI is InChI=1S/C23H45O8P.3CH4/c1-4-7-9-11-12-14-15-17-22(24)28-19-21(20-30-32(26,27)29-6-3)31-23(25)18-16-13-10-8-5-2;;;/h21H,4-20H2,1-3H3,(H,26,27);3*1H4/t21-;;;/m1.../s1. The van der Waals surface area contributed by atoms with Crippen molar-refractivity contribution in [2.24, 2.45) is 0 Å². The van der Waals surface area contributed by atoms with Crippen LogP contribution in [0.3, 0.4) is 0 Å². The van der Waals surface area contributed by atoms with Gasteiger partial charge < -0.3 is 14.4 Å². The molecule has 0 bridgehead atoms. The first-order valence-electron chi connectivity index (χ1n) is 12.3. The van der Waals surface area contributed by atoms with E-state index in [0.29, 0.717) is 12.8 Å². The number of phosphoric acid groups is 1. The smallest absolute Gasteiger partial charge is 0.462 e. The summed E-state index contributed by atoms with van der Waals surface area (Å²) < 4.78 is 31.8. The topological polar surface area (TPSA) is 108 Å². The Labute approximate surface area is 216 Å². The third-order valence-corrected chi connectivity index (χ3v) is 5.97. The molecule has 0 aliphatic carbocycles. The second-order valence-electron chi connectivity index (χ2n) is 8.01. The minimum Gasteiger partial charge on any atom is -0.462 e. The molecule has 1 N–H and O–H groups in total. The second kappa shape index (κ2) is 27.6. The van der Waals surface area contributed by atoms with E-state index in [9.17, 15) is 19.0 Å². The van der Waals surface area contributed by atoms with Crippen molar-refractivity contribution in [2.45, 2.75) is 139 Å². The normalized spacial score (nSPS) is 12.8. The van der Waals surface area contributed by atoms with Gasteiger partial charge in [0.1, 0.15) is 6.61 Å². The van der Waals surface area contributed by atoms with Crippen molar-refractivity contribution in [1.29, 1.82) is 0 Å². The summed E-state index contributed by atoms with van der Waals surface area (Å²) >= 11 is 0. The van der Waals surface area contributed by atoms with Crippen molar-refractivity contribution < 1.29 is 37.6 Å². The summed E-state index contributed by atoms with van der Waals surface area (Å²) in [5.41, 5.74) is 0. The van der Waals surface area contributed by atoms with E-state index in [-0.39, 0.29) is 54.5 Å². The van der Waals surface area contributed by atoms with Gasteiger partial charge in [0.25, 0.3) is 0 Å². The molecule has 2 atom stereocenters. The Hall–Kier alpha value is -0.950. The molecule has 0 aromatic rings. The molecular weight excluding hydrogens is 471 g/mol. The summed E-state index contributed by atoms with van der Waals surface area (Å²) in [5, 5.41) is 0. The Morgan fingerprint density at radius 2 is 1.14 bits per heavy atom. The molecule has 0 fully saturated rings. The Balaban J connectivity index is -0.00000160. The first kappa shape index (κ1) is 41.2. The fraction of sp³-hybridized carbons (Fsp3) is 0.923. The van der Waals surface area contributed by atoms with E-state index in [0.717, 1.165) is 44.9 Å². The van der Waals surface area contributed by atoms with Gasteiger partial charge in [0.2, 0.25) is 0 Å². The zero-order chi connectivity index (χ0) is 24.1. The second-order valence-corrected chi connectivity index (χ2v) is 9.47. The molecule has 0 amide bonds. The number of unbranched alkanes of at least 4 members (excludes halogenated alkanes) is 10. The number of carbonyl (C=O) groups excluding carboxylic acids is 2. The monoisotopic (exact) mass is 528 g/mol. The Morgan fingerprint density at radius 3 is 1.63 bits per heavy atom. The molecule has 0 saturated heterocycles. The van der Waals surface area contributed by atoms with Crippen LogP contribution < -0.4 is 0 Å². The van der Waals surface area contributed by atoms with Crippen LogP contribution in [-0.4, -0.2) is 42.8 Å². The highest BCUT2D eigenvalue weighted by Crippen LogP contribution is 2.43. The Kier molecular flexibility index (Phi) is 32.5. The molecule has 35 heavy (non-hydrogen) atoms. The molecule has 0 saturated carbocycles. The maximum Gasteiger partial charge on any atom is 0.472 e. The Bertz CT molecular complexity index is 527. The van der Waals surface area contributed by atoms with Crippen molar-refractivity contribution in [3.05, 3.63) is 0 Å². The molecule has 0 spiro atoms. The molecule has 0 aliphatic rings.